The summed E-state index contributed by atoms with van der Waals surface area (Å²) in [7, 11) is 0. The second-order valence-electron chi connectivity index (χ2n) is 5.52. The Morgan fingerprint density at radius 2 is 1.95 bits per heavy atom. The van der Waals surface area contributed by atoms with Crippen molar-refractivity contribution >= 4 is 5.91 Å². The van der Waals surface area contributed by atoms with Crippen LogP contribution in [0.25, 0.3) is 0 Å². The van der Waals surface area contributed by atoms with Gasteiger partial charge in [-0.25, -0.2) is 0 Å². The Hall–Kier alpha value is -0.730. The first kappa shape index (κ1) is 18.3. The highest BCUT2D eigenvalue weighted by atomic mass is 16.5. The van der Waals surface area contributed by atoms with Crippen molar-refractivity contribution in [2.75, 3.05) is 26.3 Å². The molecule has 1 saturated heterocycles. The number of amides is 1. The van der Waals surface area contributed by atoms with Crippen LogP contribution in [0.4, 0.5) is 0 Å². The van der Waals surface area contributed by atoms with Gasteiger partial charge in [-0.2, -0.15) is 0 Å². The summed E-state index contributed by atoms with van der Waals surface area (Å²) in [5.74, 6) is -0.168. The van der Waals surface area contributed by atoms with Crippen molar-refractivity contribution in [1.29, 1.82) is 0 Å². The molecule has 0 aromatic carbocycles. The van der Waals surface area contributed by atoms with Crippen molar-refractivity contribution in [3.8, 4) is 0 Å². The van der Waals surface area contributed by atoms with E-state index in [-0.39, 0.29) is 12.5 Å². The van der Waals surface area contributed by atoms with Crippen molar-refractivity contribution in [2.24, 2.45) is 0 Å². The summed E-state index contributed by atoms with van der Waals surface area (Å²) in [6.45, 7) is 1.72. The van der Waals surface area contributed by atoms with Crippen LogP contribution in [0.1, 0.15) is 32.6 Å². The Balaban J connectivity index is 2.78. The van der Waals surface area contributed by atoms with E-state index in [1.165, 1.54) is 11.8 Å². The van der Waals surface area contributed by atoms with Gasteiger partial charge in [-0.05, 0) is 12.8 Å². The van der Waals surface area contributed by atoms with Gasteiger partial charge in [-0.1, -0.05) is 12.8 Å². The molecule has 1 amide bonds. The zero-order valence-electron chi connectivity index (χ0n) is 12.5. The Bertz CT molecular complexity index is 314. The summed E-state index contributed by atoms with van der Waals surface area (Å²) in [6, 6.07) is 0. The van der Waals surface area contributed by atoms with E-state index in [1.807, 2.05) is 0 Å². The van der Waals surface area contributed by atoms with Gasteiger partial charge in [0.2, 0.25) is 5.91 Å². The second kappa shape index (κ2) is 9.32. The first-order valence-corrected chi connectivity index (χ1v) is 7.49. The normalized spacial score (nSPS) is 31.1. The summed E-state index contributed by atoms with van der Waals surface area (Å²) in [6.07, 6.45) is -1.48. The Kier molecular flexibility index (Phi) is 8.13. The van der Waals surface area contributed by atoms with Crippen molar-refractivity contribution in [2.45, 2.75) is 57.0 Å². The van der Waals surface area contributed by atoms with Gasteiger partial charge >= 0.3 is 0 Å². The maximum atomic E-state index is 11.6. The molecule has 1 aliphatic rings. The van der Waals surface area contributed by atoms with E-state index in [0.29, 0.717) is 13.2 Å². The number of carbonyl (C=O) groups is 1. The number of aliphatic hydroxyl groups is 4. The Labute approximate surface area is 125 Å². The van der Waals surface area contributed by atoms with Crippen LogP contribution in [-0.2, 0) is 9.53 Å². The molecule has 0 unspecified atom stereocenters. The number of hydrogen-bond donors (Lipinski definition) is 4. The van der Waals surface area contributed by atoms with Crippen LogP contribution in [0.5, 0.6) is 0 Å². The van der Waals surface area contributed by atoms with Gasteiger partial charge in [0.15, 0.2) is 0 Å². The topological polar surface area (TPSA) is 110 Å². The van der Waals surface area contributed by atoms with Crippen LogP contribution in [0.15, 0.2) is 0 Å². The maximum Gasteiger partial charge on any atom is 0.219 e. The van der Waals surface area contributed by atoms with Crippen LogP contribution < -0.4 is 0 Å². The summed E-state index contributed by atoms with van der Waals surface area (Å²) < 4.78 is 5.42. The molecule has 7 heteroatoms. The fourth-order valence-corrected chi connectivity index (χ4v) is 2.45. The zero-order valence-corrected chi connectivity index (χ0v) is 12.5. The molecule has 1 fully saturated rings. The minimum absolute atomic E-state index is 0.0193. The van der Waals surface area contributed by atoms with Gasteiger partial charge in [-0.3, -0.25) is 4.79 Å². The largest absolute Gasteiger partial charge is 0.394 e. The van der Waals surface area contributed by atoms with Crippen molar-refractivity contribution in [3.63, 3.8) is 0 Å². The highest BCUT2D eigenvalue weighted by Crippen LogP contribution is 2.14. The van der Waals surface area contributed by atoms with Crippen LogP contribution in [0.3, 0.4) is 0 Å². The first-order valence-electron chi connectivity index (χ1n) is 7.49. The Morgan fingerprint density at radius 3 is 2.57 bits per heavy atom. The molecule has 1 rings (SSSR count). The molecule has 7 nitrogen and oxygen atoms in total. The van der Waals surface area contributed by atoms with Gasteiger partial charge in [-0.15, -0.1) is 0 Å². The monoisotopic (exact) mass is 305 g/mol. The quantitative estimate of drug-likeness (QED) is 0.514. The third-order valence-corrected chi connectivity index (χ3v) is 3.78. The SMILES string of the molecule is CC(=O)N1CCCCCCO[C@H]([C@H](O)CO)[C@H](O)[C@H](O)C1. The summed E-state index contributed by atoms with van der Waals surface area (Å²) in [5, 5.41) is 39.0. The predicted octanol–water partition coefficient (Wildman–Crippen LogP) is -1.13. The standard InChI is InChI=1S/C14H27NO6/c1-10(17)15-6-4-2-3-5-7-21-14(12(19)9-16)13(20)11(18)8-15/h11-14,16,18-20H,2-9H2,1H3/t11-,12-,13-,14-/m1/s1. The van der Waals surface area contributed by atoms with Gasteiger partial charge in [0.25, 0.3) is 0 Å². The molecule has 0 saturated carbocycles. The fraction of sp³-hybridized carbons (Fsp3) is 0.929. The number of carbonyl (C=O) groups excluding carboxylic acids is 1. The van der Waals surface area contributed by atoms with Crippen LogP contribution in [0, 0.1) is 0 Å². The number of aliphatic hydroxyl groups excluding tert-OH is 4. The van der Waals surface area contributed by atoms with Crippen molar-refractivity contribution < 1.29 is 30.0 Å². The molecule has 4 N–H and O–H groups in total. The van der Waals surface area contributed by atoms with Crippen LogP contribution >= 0.6 is 0 Å². The lowest BCUT2D eigenvalue weighted by molar-refractivity contribution is -0.151. The van der Waals surface area contributed by atoms with E-state index in [9.17, 15) is 20.1 Å². The lowest BCUT2D eigenvalue weighted by Gasteiger charge is -2.33. The highest BCUT2D eigenvalue weighted by molar-refractivity contribution is 5.73. The molecule has 0 aromatic rings. The third kappa shape index (κ3) is 5.88. The molecule has 1 heterocycles. The zero-order chi connectivity index (χ0) is 15.8. The molecule has 0 bridgehead atoms. The van der Waals surface area contributed by atoms with Crippen molar-refractivity contribution in [1.82, 2.24) is 4.90 Å². The number of hydrogen-bond acceptors (Lipinski definition) is 6. The van der Waals surface area contributed by atoms with E-state index in [1.54, 1.807) is 0 Å². The Morgan fingerprint density at radius 1 is 1.29 bits per heavy atom. The molecule has 0 radical (unpaired) electrons. The van der Waals surface area contributed by atoms with Gasteiger partial charge in [0.1, 0.15) is 24.4 Å². The van der Waals surface area contributed by atoms with Gasteiger partial charge in [0.05, 0.1) is 6.61 Å². The number of β-amino-alcohol motifs (C(OH)–C–C–N with tert-alkyl or cyclic N) is 1. The number of rotatable bonds is 2. The highest BCUT2D eigenvalue weighted by Gasteiger charge is 2.34. The minimum Gasteiger partial charge on any atom is -0.394 e. The third-order valence-electron chi connectivity index (χ3n) is 3.78. The smallest absolute Gasteiger partial charge is 0.219 e. The molecular weight excluding hydrogens is 278 g/mol. The van der Waals surface area contributed by atoms with Crippen molar-refractivity contribution in [3.05, 3.63) is 0 Å². The van der Waals surface area contributed by atoms with E-state index >= 15 is 0 Å². The lowest BCUT2D eigenvalue weighted by Crippen LogP contribution is -2.51. The summed E-state index contributed by atoms with van der Waals surface area (Å²) >= 11 is 0. The fourth-order valence-electron chi connectivity index (χ4n) is 2.45. The molecule has 1 aliphatic heterocycles. The summed E-state index contributed by atoms with van der Waals surface area (Å²) in [4.78, 5) is 13.0. The van der Waals surface area contributed by atoms with Gasteiger partial charge in [0, 0.05) is 26.6 Å². The molecule has 21 heavy (non-hydrogen) atoms. The minimum atomic E-state index is -1.37. The first-order chi connectivity index (χ1) is 9.97. The molecule has 124 valence electrons. The van der Waals surface area contributed by atoms with E-state index in [0.717, 1.165) is 25.7 Å². The van der Waals surface area contributed by atoms with E-state index in [4.69, 9.17) is 9.84 Å². The molecular formula is C14H27NO6. The predicted molar refractivity (Wildman–Crippen MR) is 75.6 cm³/mol. The second-order valence-corrected chi connectivity index (χ2v) is 5.52. The average Bonchev–Trinajstić information content (AvgIpc) is 2.45. The van der Waals surface area contributed by atoms with Crippen LogP contribution in [0.2, 0.25) is 0 Å². The average molecular weight is 305 g/mol. The van der Waals surface area contributed by atoms with E-state index < -0.39 is 31.0 Å². The maximum absolute atomic E-state index is 11.6. The van der Waals surface area contributed by atoms with E-state index in [2.05, 4.69) is 0 Å². The molecule has 0 spiro atoms. The number of nitrogens with zero attached hydrogens (tertiary/aromatic N) is 1. The van der Waals surface area contributed by atoms with Gasteiger partial charge < -0.3 is 30.1 Å². The summed E-state index contributed by atoms with van der Waals surface area (Å²) in [5.41, 5.74) is 0. The number of ether oxygens (including phenoxy) is 1. The molecule has 0 aromatic heterocycles. The lowest BCUT2D eigenvalue weighted by atomic mass is 10.0. The van der Waals surface area contributed by atoms with Crippen LogP contribution in [-0.4, -0.2) is 82.0 Å². The molecule has 0 aliphatic carbocycles. The molecule has 4 atom stereocenters.